The molecular formula is C14H16FN3O2S. The lowest BCUT2D eigenvalue weighted by Gasteiger charge is -2.17. The Bertz CT molecular complexity index is 645. The number of halogens is 1. The minimum absolute atomic E-state index is 0.155. The number of hydrogen-bond donors (Lipinski definition) is 0. The van der Waals surface area contributed by atoms with Gasteiger partial charge in [0.15, 0.2) is 11.6 Å². The first-order valence-corrected chi connectivity index (χ1v) is 7.23. The number of carbonyl (C=O) groups is 1. The van der Waals surface area contributed by atoms with E-state index in [1.807, 2.05) is 6.92 Å². The zero-order valence-corrected chi connectivity index (χ0v) is 12.9. The minimum Gasteiger partial charge on any atom is -0.494 e. The Balaban J connectivity index is 2.12. The average molecular weight is 309 g/mol. The van der Waals surface area contributed by atoms with E-state index in [0.29, 0.717) is 29.1 Å². The Morgan fingerprint density at radius 1 is 1.48 bits per heavy atom. The predicted molar refractivity (Wildman–Crippen MR) is 78.0 cm³/mol. The van der Waals surface area contributed by atoms with Crippen LogP contribution in [0.2, 0.25) is 0 Å². The van der Waals surface area contributed by atoms with Gasteiger partial charge in [0.05, 0.1) is 12.8 Å². The first-order chi connectivity index (χ1) is 10.1. The first kappa shape index (κ1) is 15.4. The molecule has 0 N–H and O–H groups in total. The van der Waals surface area contributed by atoms with Crippen LogP contribution in [0.25, 0.3) is 0 Å². The van der Waals surface area contributed by atoms with Crippen LogP contribution < -0.4 is 4.74 Å². The van der Waals surface area contributed by atoms with E-state index in [4.69, 9.17) is 4.74 Å². The lowest BCUT2D eigenvalue weighted by molar-refractivity contribution is 0.0788. The number of nitrogens with zero attached hydrogens (tertiary/aromatic N) is 3. The highest BCUT2D eigenvalue weighted by atomic mass is 32.1. The van der Waals surface area contributed by atoms with Gasteiger partial charge in [0.25, 0.3) is 5.91 Å². The molecule has 1 amide bonds. The second-order valence-electron chi connectivity index (χ2n) is 4.53. The van der Waals surface area contributed by atoms with Crippen LogP contribution in [0.1, 0.15) is 27.9 Å². The summed E-state index contributed by atoms with van der Waals surface area (Å²) < 4.78 is 22.3. The van der Waals surface area contributed by atoms with Crippen LogP contribution in [0.3, 0.4) is 0 Å². The number of hydrogen-bond acceptors (Lipinski definition) is 5. The Morgan fingerprint density at radius 3 is 2.86 bits per heavy atom. The third-order valence-corrected chi connectivity index (χ3v) is 3.82. The normalized spacial score (nSPS) is 10.5. The molecule has 0 radical (unpaired) electrons. The summed E-state index contributed by atoms with van der Waals surface area (Å²) in [5, 5.41) is 3.93. The summed E-state index contributed by atoms with van der Waals surface area (Å²) in [5.41, 5.74) is 1.39. The maximum atomic E-state index is 13.6. The lowest BCUT2D eigenvalue weighted by Crippen LogP contribution is -2.26. The molecule has 0 spiro atoms. The molecule has 1 heterocycles. The molecule has 0 atom stereocenters. The van der Waals surface area contributed by atoms with E-state index in [1.165, 1.54) is 18.1 Å². The highest BCUT2D eigenvalue weighted by Gasteiger charge is 2.19. The molecule has 7 heteroatoms. The van der Waals surface area contributed by atoms with Crippen molar-refractivity contribution in [3.05, 3.63) is 40.2 Å². The van der Waals surface area contributed by atoms with E-state index in [0.717, 1.165) is 11.5 Å². The Morgan fingerprint density at radius 2 is 2.24 bits per heavy atom. The molecule has 1 aromatic heterocycles. The molecule has 1 aromatic carbocycles. The van der Waals surface area contributed by atoms with Crippen molar-refractivity contribution in [2.24, 2.45) is 0 Å². The SMILES string of the molecule is CCc1nnsc1C(=O)N(C)Cc1ccc(OC)c(F)c1. The second kappa shape index (κ2) is 6.62. The molecular weight excluding hydrogens is 293 g/mol. The third kappa shape index (κ3) is 3.36. The van der Waals surface area contributed by atoms with Crippen LogP contribution in [-0.2, 0) is 13.0 Å². The van der Waals surface area contributed by atoms with Gasteiger partial charge in [-0.15, -0.1) is 5.10 Å². The van der Waals surface area contributed by atoms with Crippen LogP contribution in [0.5, 0.6) is 5.75 Å². The predicted octanol–water partition coefficient (Wildman–Crippen LogP) is 2.52. The number of benzene rings is 1. The fraction of sp³-hybridized carbons (Fsp3) is 0.357. The quantitative estimate of drug-likeness (QED) is 0.851. The molecule has 0 aliphatic heterocycles. The maximum absolute atomic E-state index is 13.6. The van der Waals surface area contributed by atoms with Crippen molar-refractivity contribution in [2.45, 2.75) is 19.9 Å². The average Bonchev–Trinajstić information content (AvgIpc) is 2.95. The topological polar surface area (TPSA) is 55.3 Å². The Hall–Kier alpha value is -2.02. The van der Waals surface area contributed by atoms with Gasteiger partial charge in [0, 0.05) is 13.6 Å². The van der Waals surface area contributed by atoms with E-state index in [2.05, 4.69) is 9.59 Å². The zero-order chi connectivity index (χ0) is 15.4. The van der Waals surface area contributed by atoms with Crippen LogP contribution in [0.15, 0.2) is 18.2 Å². The summed E-state index contributed by atoms with van der Waals surface area (Å²) in [6, 6.07) is 4.65. The van der Waals surface area contributed by atoms with Crippen molar-refractivity contribution in [3.8, 4) is 5.75 Å². The lowest BCUT2D eigenvalue weighted by atomic mass is 10.2. The van der Waals surface area contributed by atoms with Crippen LogP contribution in [0.4, 0.5) is 4.39 Å². The molecule has 21 heavy (non-hydrogen) atoms. The van der Waals surface area contributed by atoms with Crippen LogP contribution in [0, 0.1) is 5.82 Å². The number of aryl methyl sites for hydroxylation is 1. The monoisotopic (exact) mass is 309 g/mol. The second-order valence-corrected chi connectivity index (χ2v) is 5.29. The zero-order valence-electron chi connectivity index (χ0n) is 12.1. The van der Waals surface area contributed by atoms with E-state index in [9.17, 15) is 9.18 Å². The van der Waals surface area contributed by atoms with Gasteiger partial charge >= 0.3 is 0 Å². The molecule has 0 saturated heterocycles. The Kier molecular flexibility index (Phi) is 4.85. The molecule has 0 bridgehead atoms. The summed E-state index contributed by atoms with van der Waals surface area (Å²) >= 11 is 1.08. The van der Waals surface area contributed by atoms with Crippen LogP contribution >= 0.6 is 11.5 Å². The minimum atomic E-state index is -0.440. The van der Waals surface area contributed by atoms with Gasteiger partial charge in [-0.05, 0) is 35.6 Å². The van der Waals surface area contributed by atoms with E-state index >= 15 is 0 Å². The summed E-state index contributed by atoms with van der Waals surface area (Å²) in [6.07, 6.45) is 0.655. The Labute approximate surface area is 126 Å². The number of aromatic nitrogens is 2. The van der Waals surface area contributed by atoms with Crippen molar-refractivity contribution < 1.29 is 13.9 Å². The number of amides is 1. The summed E-state index contributed by atoms with van der Waals surface area (Å²) in [5.74, 6) is -0.407. The number of rotatable bonds is 5. The van der Waals surface area contributed by atoms with Crippen molar-refractivity contribution in [1.29, 1.82) is 0 Å². The fourth-order valence-electron chi connectivity index (χ4n) is 1.93. The van der Waals surface area contributed by atoms with Crippen molar-refractivity contribution in [1.82, 2.24) is 14.5 Å². The largest absolute Gasteiger partial charge is 0.494 e. The van der Waals surface area contributed by atoms with Gasteiger partial charge in [-0.2, -0.15) is 0 Å². The molecule has 2 rings (SSSR count). The molecule has 0 saturated carbocycles. The molecule has 0 unspecified atom stereocenters. The summed E-state index contributed by atoms with van der Waals surface area (Å²) in [7, 11) is 3.08. The van der Waals surface area contributed by atoms with Gasteiger partial charge in [-0.3, -0.25) is 4.79 Å². The smallest absolute Gasteiger partial charge is 0.267 e. The van der Waals surface area contributed by atoms with E-state index in [-0.39, 0.29) is 11.7 Å². The first-order valence-electron chi connectivity index (χ1n) is 6.46. The highest BCUT2D eigenvalue weighted by molar-refractivity contribution is 7.07. The van der Waals surface area contributed by atoms with Gasteiger partial charge in [-0.1, -0.05) is 17.5 Å². The molecule has 112 valence electrons. The fourth-order valence-corrected chi connectivity index (χ4v) is 2.68. The van der Waals surface area contributed by atoms with Gasteiger partial charge in [0.1, 0.15) is 4.88 Å². The van der Waals surface area contributed by atoms with E-state index in [1.54, 1.807) is 19.2 Å². The standard InChI is InChI=1S/C14H16FN3O2S/c1-4-11-13(21-17-16-11)14(19)18(2)8-9-5-6-12(20-3)10(15)7-9/h5-7H,4,8H2,1-3H3. The molecule has 0 fully saturated rings. The van der Waals surface area contributed by atoms with E-state index < -0.39 is 5.82 Å². The van der Waals surface area contributed by atoms with Gasteiger partial charge in [0.2, 0.25) is 0 Å². The van der Waals surface area contributed by atoms with Crippen LogP contribution in [-0.4, -0.2) is 34.6 Å². The molecule has 0 aliphatic carbocycles. The van der Waals surface area contributed by atoms with Gasteiger partial charge < -0.3 is 9.64 Å². The van der Waals surface area contributed by atoms with Crippen molar-refractivity contribution in [3.63, 3.8) is 0 Å². The summed E-state index contributed by atoms with van der Waals surface area (Å²) in [4.78, 5) is 14.4. The van der Waals surface area contributed by atoms with Crippen molar-refractivity contribution in [2.75, 3.05) is 14.2 Å². The molecule has 2 aromatic rings. The van der Waals surface area contributed by atoms with Crippen molar-refractivity contribution >= 4 is 17.4 Å². The number of ether oxygens (including phenoxy) is 1. The summed E-state index contributed by atoms with van der Waals surface area (Å²) in [6.45, 7) is 2.23. The maximum Gasteiger partial charge on any atom is 0.267 e. The third-order valence-electron chi connectivity index (χ3n) is 3.07. The molecule has 0 aliphatic rings. The number of methoxy groups -OCH3 is 1. The molecule has 5 nitrogen and oxygen atoms in total. The van der Waals surface area contributed by atoms with Gasteiger partial charge in [-0.25, -0.2) is 4.39 Å². The highest BCUT2D eigenvalue weighted by Crippen LogP contribution is 2.20. The number of carbonyl (C=O) groups excluding carboxylic acids is 1.